The molecule has 4 nitrogen and oxygen atoms in total. The van der Waals surface area contributed by atoms with Crippen LogP contribution in [0, 0.1) is 0 Å². The second-order valence-electron chi connectivity index (χ2n) is 2.72. The lowest BCUT2D eigenvalue weighted by Gasteiger charge is -2.00. The van der Waals surface area contributed by atoms with E-state index in [1.807, 2.05) is 0 Å². The van der Waals surface area contributed by atoms with E-state index < -0.39 is 5.97 Å². The van der Waals surface area contributed by atoms with Crippen molar-refractivity contribution in [3.63, 3.8) is 0 Å². The number of phenolic OH excluding ortho intramolecular Hbond substituents is 1. The van der Waals surface area contributed by atoms with Crippen molar-refractivity contribution in [1.29, 1.82) is 0 Å². The van der Waals surface area contributed by atoms with Gasteiger partial charge in [-0.3, -0.25) is 0 Å². The molecule has 0 aliphatic rings. The fourth-order valence-electron chi connectivity index (χ4n) is 1.01. The highest BCUT2D eigenvalue weighted by Gasteiger charge is 2.05. The third-order valence-electron chi connectivity index (χ3n) is 1.71. The molecular weight excluding hydrogens is 182 g/mol. The first kappa shape index (κ1) is 10.3. The van der Waals surface area contributed by atoms with Crippen molar-refractivity contribution < 1.29 is 15.0 Å². The van der Waals surface area contributed by atoms with E-state index in [1.54, 1.807) is 12.2 Å². The zero-order valence-corrected chi connectivity index (χ0v) is 7.47. The van der Waals surface area contributed by atoms with E-state index in [4.69, 9.17) is 10.8 Å². The van der Waals surface area contributed by atoms with Crippen LogP contribution in [0.4, 0.5) is 0 Å². The maximum atomic E-state index is 10.5. The summed E-state index contributed by atoms with van der Waals surface area (Å²) >= 11 is 0. The molecule has 0 aliphatic carbocycles. The van der Waals surface area contributed by atoms with Gasteiger partial charge in [0.15, 0.2) is 0 Å². The second-order valence-corrected chi connectivity index (χ2v) is 2.72. The first-order valence-electron chi connectivity index (χ1n) is 4.08. The number of phenols is 1. The Balaban J connectivity index is 3.01. The lowest BCUT2D eigenvalue weighted by atomic mass is 10.1. The van der Waals surface area contributed by atoms with Crippen LogP contribution in [-0.4, -0.2) is 22.7 Å². The van der Waals surface area contributed by atoms with Gasteiger partial charge in [-0.1, -0.05) is 18.2 Å². The molecule has 0 radical (unpaired) electrons. The molecule has 0 fully saturated rings. The number of aromatic carboxylic acids is 1. The highest BCUT2D eigenvalue weighted by Crippen LogP contribution is 2.19. The Morgan fingerprint density at radius 3 is 2.71 bits per heavy atom. The Kier molecular flexibility index (Phi) is 3.25. The number of carboxylic acid groups (broad SMARTS) is 1. The summed E-state index contributed by atoms with van der Waals surface area (Å²) in [7, 11) is 0. The summed E-state index contributed by atoms with van der Waals surface area (Å²) in [5.74, 6) is -1.12. The molecule has 0 atom stereocenters. The minimum atomic E-state index is -1.06. The molecule has 0 amide bonds. The molecule has 1 aromatic carbocycles. The summed E-state index contributed by atoms with van der Waals surface area (Å²) in [6.07, 6.45) is 3.32. The summed E-state index contributed by atoms with van der Waals surface area (Å²) in [6, 6.07) is 4.17. The van der Waals surface area contributed by atoms with Crippen molar-refractivity contribution in [1.82, 2.24) is 0 Å². The molecule has 1 rings (SSSR count). The number of carbonyl (C=O) groups is 1. The highest BCUT2D eigenvalue weighted by molar-refractivity contribution is 5.88. The van der Waals surface area contributed by atoms with Crippen LogP contribution in [0.15, 0.2) is 24.3 Å². The van der Waals surface area contributed by atoms with Gasteiger partial charge in [0.1, 0.15) is 5.75 Å². The maximum Gasteiger partial charge on any atom is 0.335 e. The monoisotopic (exact) mass is 193 g/mol. The number of nitrogens with two attached hydrogens (primary N) is 1. The smallest absolute Gasteiger partial charge is 0.335 e. The van der Waals surface area contributed by atoms with Gasteiger partial charge >= 0.3 is 5.97 Å². The van der Waals surface area contributed by atoms with E-state index in [0.29, 0.717) is 12.1 Å². The molecule has 0 aromatic heterocycles. The maximum absolute atomic E-state index is 10.5. The number of rotatable bonds is 3. The second kappa shape index (κ2) is 4.43. The standard InChI is InChI=1S/C10H11NO3/c11-5-1-2-7-3-4-8(10(13)14)6-9(7)12/h1-4,6,12H,5,11H2,(H,13,14). The van der Waals surface area contributed by atoms with Crippen LogP contribution >= 0.6 is 0 Å². The Hall–Kier alpha value is -1.81. The van der Waals surface area contributed by atoms with E-state index in [0.717, 1.165) is 0 Å². The Morgan fingerprint density at radius 1 is 1.50 bits per heavy atom. The van der Waals surface area contributed by atoms with Gasteiger partial charge in [-0.15, -0.1) is 0 Å². The van der Waals surface area contributed by atoms with Crippen molar-refractivity contribution in [3.8, 4) is 5.75 Å². The summed E-state index contributed by atoms with van der Waals surface area (Å²) in [5.41, 5.74) is 5.86. The zero-order valence-electron chi connectivity index (χ0n) is 7.47. The summed E-state index contributed by atoms with van der Waals surface area (Å²) in [4.78, 5) is 10.5. The number of hydrogen-bond donors (Lipinski definition) is 3. The first-order chi connectivity index (χ1) is 6.65. The fraction of sp³-hybridized carbons (Fsp3) is 0.100. The van der Waals surface area contributed by atoms with Gasteiger partial charge in [-0.2, -0.15) is 0 Å². The minimum Gasteiger partial charge on any atom is -0.507 e. The number of carboxylic acids is 1. The lowest BCUT2D eigenvalue weighted by Crippen LogP contribution is -1.96. The van der Waals surface area contributed by atoms with Crippen molar-refractivity contribution in [2.75, 3.05) is 6.54 Å². The lowest BCUT2D eigenvalue weighted by molar-refractivity contribution is 0.0696. The van der Waals surface area contributed by atoms with Gasteiger partial charge in [0.25, 0.3) is 0 Å². The number of hydrogen-bond acceptors (Lipinski definition) is 3. The predicted octanol–water partition coefficient (Wildman–Crippen LogP) is 1.06. The van der Waals surface area contributed by atoms with Crippen molar-refractivity contribution in [3.05, 3.63) is 35.4 Å². The van der Waals surface area contributed by atoms with Crippen LogP contribution in [0.25, 0.3) is 6.08 Å². The van der Waals surface area contributed by atoms with Crippen LogP contribution in [0.5, 0.6) is 5.75 Å². The van der Waals surface area contributed by atoms with E-state index in [-0.39, 0.29) is 11.3 Å². The Bertz CT molecular complexity index is 372. The highest BCUT2D eigenvalue weighted by atomic mass is 16.4. The normalized spacial score (nSPS) is 10.6. The number of benzene rings is 1. The molecule has 0 heterocycles. The SMILES string of the molecule is NCC=Cc1ccc(C(=O)O)cc1O. The first-order valence-corrected chi connectivity index (χ1v) is 4.08. The zero-order chi connectivity index (χ0) is 10.6. The number of aromatic hydroxyl groups is 1. The third-order valence-corrected chi connectivity index (χ3v) is 1.71. The summed E-state index contributed by atoms with van der Waals surface area (Å²) in [6.45, 7) is 0.375. The molecule has 1 aromatic rings. The van der Waals surface area contributed by atoms with Gasteiger partial charge < -0.3 is 15.9 Å². The topological polar surface area (TPSA) is 83.6 Å². The van der Waals surface area contributed by atoms with Gasteiger partial charge in [0, 0.05) is 12.1 Å². The van der Waals surface area contributed by atoms with Crippen molar-refractivity contribution in [2.45, 2.75) is 0 Å². The fourth-order valence-corrected chi connectivity index (χ4v) is 1.01. The quantitative estimate of drug-likeness (QED) is 0.670. The van der Waals surface area contributed by atoms with E-state index in [2.05, 4.69) is 0 Å². The van der Waals surface area contributed by atoms with Crippen molar-refractivity contribution in [2.24, 2.45) is 5.73 Å². The Morgan fingerprint density at radius 2 is 2.21 bits per heavy atom. The van der Waals surface area contributed by atoms with Crippen molar-refractivity contribution >= 4 is 12.0 Å². The Labute approximate surface area is 81.3 Å². The molecule has 0 aliphatic heterocycles. The third kappa shape index (κ3) is 2.34. The predicted molar refractivity (Wildman–Crippen MR) is 53.2 cm³/mol. The van der Waals surface area contributed by atoms with Gasteiger partial charge in [0.05, 0.1) is 5.56 Å². The van der Waals surface area contributed by atoms with E-state index >= 15 is 0 Å². The molecule has 0 saturated heterocycles. The molecule has 74 valence electrons. The largest absolute Gasteiger partial charge is 0.507 e. The average Bonchev–Trinajstić information content (AvgIpc) is 2.15. The molecule has 0 bridgehead atoms. The van der Waals surface area contributed by atoms with E-state index in [1.165, 1.54) is 18.2 Å². The molecule has 4 N–H and O–H groups in total. The van der Waals surface area contributed by atoms with Crippen LogP contribution in [0.3, 0.4) is 0 Å². The average molecular weight is 193 g/mol. The van der Waals surface area contributed by atoms with Crippen LogP contribution in [-0.2, 0) is 0 Å². The molecule has 0 saturated carbocycles. The van der Waals surface area contributed by atoms with E-state index in [9.17, 15) is 9.90 Å². The molecular formula is C10H11NO3. The molecule has 4 heteroatoms. The summed E-state index contributed by atoms with van der Waals surface area (Å²) < 4.78 is 0. The molecule has 14 heavy (non-hydrogen) atoms. The van der Waals surface area contributed by atoms with Crippen LogP contribution in [0.1, 0.15) is 15.9 Å². The van der Waals surface area contributed by atoms with Gasteiger partial charge in [-0.05, 0) is 12.1 Å². The van der Waals surface area contributed by atoms with Gasteiger partial charge in [-0.25, -0.2) is 4.79 Å². The molecule has 0 unspecified atom stereocenters. The summed E-state index contributed by atoms with van der Waals surface area (Å²) in [5, 5.41) is 18.0. The van der Waals surface area contributed by atoms with Crippen LogP contribution in [0.2, 0.25) is 0 Å². The molecule has 0 spiro atoms. The van der Waals surface area contributed by atoms with Crippen LogP contribution < -0.4 is 5.73 Å². The van der Waals surface area contributed by atoms with Gasteiger partial charge in [0.2, 0.25) is 0 Å². The minimum absolute atomic E-state index is 0.0606.